The summed E-state index contributed by atoms with van der Waals surface area (Å²) in [6.45, 7) is 8.88. The maximum Gasteiger partial charge on any atom is 0.203 e. The van der Waals surface area contributed by atoms with E-state index < -0.39 is 0 Å². The summed E-state index contributed by atoms with van der Waals surface area (Å²) in [5.74, 6) is 2.44. The highest BCUT2D eigenvalue weighted by molar-refractivity contribution is 5.53. The molecule has 0 amide bonds. The van der Waals surface area contributed by atoms with Gasteiger partial charge in [-0.1, -0.05) is 6.92 Å². The molecule has 0 saturated carbocycles. The molecule has 1 heterocycles. The zero-order valence-corrected chi connectivity index (χ0v) is 16.0. The number of hydrogen-bond donors (Lipinski definition) is 1. The van der Waals surface area contributed by atoms with Gasteiger partial charge in [-0.2, -0.15) is 5.10 Å². The van der Waals surface area contributed by atoms with Gasteiger partial charge in [0, 0.05) is 18.8 Å². The number of aryl methyl sites for hydroxylation is 2. The Morgan fingerprint density at radius 3 is 2.16 bits per heavy atom. The zero-order chi connectivity index (χ0) is 18.4. The van der Waals surface area contributed by atoms with Gasteiger partial charge in [0.05, 0.1) is 27.0 Å². The molecule has 0 radical (unpaired) electrons. The first kappa shape index (κ1) is 19.1. The van der Waals surface area contributed by atoms with Crippen LogP contribution in [-0.4, -0.2) is 37.7 Å². The summed E-state index contributed by atoms with van der Waals surface area (Å²) in [6.07, 6.45) is 0. The number of ether oxygens (including phenoxy) is 3. The van der Waals surface area contributed by atoms with Gasteiger partial charge in [0.1, 0.15) is 0 Å². The van der Waals surface area contributed by atoms with Gasteiger partial charge in [0.15, 0.2) is 11.5 Å². The van der Waals surface area contributed by atoms with Crippen molar-refractivity contribution >= 4 is 0 Å². The van der Waals surface area contributed by atoms with Crippen molar-refractivity contribution in [2.45, 2.75) is 33.9 Å². The van der Waals surface area contributed by atoms with Gasteiger partial charge in [0.2, 0.25) is 5.75 Å². The number of rotatable bonds is 9. The third-order valence-corrected chi connectivity index (χ3v) is 4.13. The third kappa shape index (κ3) is 4.89. The van der Waals surface area contributed by atoms with Gasteiger partial charge in [-0.25, -0.2) is 0 Å². The number of benzene rings is 1. The van der Waals surface area contributed by atoms with Gasteiger partial charge >= 0.3 is 0 Å². The van der Waals surface area contributed by atoms with Crippen LogP contribution in [0, 0.1) is 19.8 Å². The molecule has 0 bridgehead atoms. The number of nitrogens with zero attached hydrogens (tertiary/aromatic N) is 2. The van der Waals surface area contributed by atoms with Crippen molar-refractivity contribution in [1.29, 1.82) is 0 Å². The number of hydrogen-bond acceptors (Lipinski definition) is 5. The molecular weight excluding hydrogens is 318 g/mol. The monoisotopic (exact) mass is 347 g/mol. The van der Waals surface area contributed by atoms with E-state index in [4.69, 9.17) is 14.2 Å². The molecule has 1 aromatic heterocycles. The van der Waals surface area contributed by atoms with Gasteiger partial charge in [-0.05, 0) is 50.1 Å². The van der Waals surface area contributed by atoms with E-state index in [1.807, 2.05) is 19.1 Å². The predicted molar refractivity (Wildman–Crippen MR) is 98.7 cm³/mol. The van der Waals surface area contributed by atoms with Crippen molar-refractivity contribution in [2.24, 2.45) is 5.92 Å². The molecule has 0 spiro atoms. The number of methoxy groups -OCH3 is 3. The molecule has 1 aromatic carbocycles. The highest BCUT2D eigenvalue weighted by Gasteiger charge is 2.13. The molecule has 0 aliphatic carbocycles. The molecule has 0 fully saturated rings. The average molecular weight is 347 g/mol. The summed E-state index contributed by atoms with van der Waals surface area (Å²) >= 11 is 0. The largest absolute Gasteiger partial charge is 0.493 e. The number of aromatic nitrogens is 2. The predicted octanol–water partition coefficient (Wildman–Crippen LogP) is 2.95. The fourth-order valence-corrected chi connectivity index (χ4v) is 2.92. The van der Waals surface area contributed by atoms with Crippen molar-refractivity contribution in [3.8, 4) is 17.2 Å². The van der Waals surface area contributed by atoms with Crippen LogP contribution in [0.1, 0.15) is 23.9 Å². The Morgan fingerprint density at radius 2 is 1.68 bits per heavy atom. The van der Waals surface area contributed by atoms with Gasteiger partial charge in [-0.15, -0.1) is 0 Å². The number of nitrogens with one attached hydrogen (secondary N) is 1. The lowest BCUT2D eigenvalue weighted by molar-refractivity contribution is 0.323. The molecule has 0 aliphatic heterocycles. The summed E-state index contributed by atoms with van der Waals surface area (Å²) in [5.41, 5.74) is 3.36. The van der Waals surface area contributed by atoms with E-state index in [1.165, 1.54) is 5.69 Å². The maximum absolute atomic E-state index is 5.40. The fourth-order valence-electron chi connectivity index (χ4n) is 2.92. The SMILES string of the molecule is COc1cc(CNC[C@H](C)Cn2nc(C)cc2C)cc(OC)c1OC. The van der Waals surface area contributed by atoms with Crippen molar-refractivity contribution in [1.82, 2.24) is 15.1 Å². The molecule has 6 nitrogen and oxygen atoms in total. The lowest BCUT2D eigenvalue weighted by Gasteiger charge is -2.16. The first-order valence-electron chi connectivity index (χ1n) is 8.49. The average Bonchev–Trinajstić information content (AvgIpc) is 2.90. The van der Waals surface area contributed by atoms with Crippen molar-refractivity contribution < 1.29 is 14.2 Å². The summed E-state index contributed by atoms with van der Waals surface area (Å²) in [7, 11) is 4.87. The molecular formula is C19H29N3O3. The van der Waals surface area contributed by atoms with Crippen LogP contribution in [0.3, 0.4) is 0 Å². The second-order valence-electron chi connectivity index (χ2n) is 6.38. The second-order valence-corrected chi connectivity index (χ2v) is 6.38. The molecule has 25 heavy (non-hydrogen) atoms. The highest BCUT2D eigenvalue weighted by atomic mass is 16.5. The highest BCUT2D eigenvalue weighted by Crippen LogP contribution is 2.38. The second kappa shape index (κ2) is 8.76. The molecule has 2 rings (SSSR count). The minimum atomic E-state index is 0.472. The molecule has 0 aliphatic rings. The van der Waals surface area contributed by atoms with Gasteiger partial charge in [-0.3, -0.25) is 4.68 Å². The Bertz CT molecular complexity index is 672. The maximum atomic E-state index is 5.40. The Balaban J connectivity index is 1.93. The molecule has 2 aromatic rings. The van der Waals surface area contributed by atoms with E-state index in [2.05, 4.69) is 35.0 Å². The topological polar surface area (TPSA) is 57.5 Å². The van der Waals surface area contributed by atoms with Gasteiger partial charge < -0.3 is 19.5 Å². The smallest absolute Gasteiger partial charge is 0.203 e. The minimum absolute atomic E-state index is 0.472. The van der Waals surface area contributed by atoms with E-state index in [9.17, 15) is 0 Å². The van der Waals surface area contributed by atoms with E-state index in [0.717, 1.165) is 30.9 Å². The summed E-state index contributed by atoms with van der Waals surface area (Å²) < 4.78 is 18.2. The minimum Gasteiger partial charge on any atom is -0.493 e. The molecule has 1 N–H and O–H groups in total. The van der Waals surface area contributed by atoms with Crippen LogP contribution in [0.2, 0.25) is 0 Å². The van der Waals surface area contributed by atoms with Crippen LogP contribution >= 0.6 is 0 Å². The summed E-state index contributed by atoms with van der Waals surface area (Å²) in [6, 6.07) is 6.05. The molecule has 6 heteroatoms. The molecule has 0 saturated heterocycles. The van der Waals surface area contributed by atoms with Crippen LogP contribution < -0.4 is 19.5 Å². The lowest BCUT2D eigenvalue weighted by atomic mass is 10.1. The van der Waals surface area contributed by atoms with E-state index in [-0.39, 0.29) is 0 Å². The normalized spacial score (nSPS) is 12.1. The Labute approximate surface area is 150 Å². The Hall–Kier alpha value is -2.21. The standard InChI is InChI=1S/C19H29N3O3/c1-13(12-22-15(3)7-14(2)21-22)10-20-11-16-8-17(23-4)19(25-6)18(9-16)24-5/h7-9,13,20H,10-12H2,1-6H3/t13-/m0/s1. The Morgan fingerprint density at radius 1 is 1.04 bits per heavy atom. The van der Waals surface area contributed by atoms with E-state index in [1.54, 1.807) is 21.3 Å². The van der Waals surface area contributed by atoms with E-state index >= 15 is 0 Å². The van der Waals surface area contributed by atoms with Crippen LogP contribution in [-0.2, 0) is 13.1 Å². The van der Waals surface area contributed by atoms with Crippen LogP contribution in [0.25, 0.3) is 0 Å². The van der Waals surface area contributed by atoms with E-state index in [0.29, 0.717) is 23.2 Å². The summed E-state index contributed by atoms with van der Waals surface area (Å²) in [4.78, 5) is 0. The quantitative estimate of drug-likeness (QED) is 0.756. The molecule has 0 unspecified atom stereocenters. The van der Waals surface area contributed by atoms with Gasteiger partial charge in [0.25, 0.3) is 0 Å². The third-order valence-electron chi connectivity index (χ3n) is 4.13. The Kier molecular flexibility index (Phi) is 6.70. The molecule has 1 atom stereocenters. The first-order chi connectivity index (χ1) is 12.0. The summed E-state index contributed by atoms with van der Waals surface area (Å²) in [5, 5.41) is 8.02. The molecule has 138 valence electrons. The zero-order valence-electron chi connectivity index (χ0n) is 16.0. The van der Waals surface area contributed by atoms with Crippen molar-refractivity contribution in [3.63, 3.8) is 0 Å². The lowest BCUT2D eigenvalue weighted by Crippen LogP contribution is -2.24. The van der Waals surface area contributed by atoms with Crippen molar-refractivity contribution in [2.75, 3.05) is 27.9 Å². The van der Waals surface area contributed by atoms with Crippen molar-refractivity contribution in [3.05, 3.63) is 35.2 Å². The fraction of sp³-hybridized carbons (Fsp3) is 0.526. The first-order valence-corrected chi connectivity index (χ1v) is 8.49. The van der Waals surface area contributed by atoms with Crippen LogP contribution in [0.15, 0.2) is 18.2 Å². The van der Waals surface area contributed by atoms with Crippen LogP contribution in [0.5, 0.6) is 17.2 Å². The van der Waals surface area contributed by atoms with Crippen LogP contribution in [0.4, 0.5) is 0 Å².